The van der Waals surface area contributed by atoms with Crippen molar-refractivity contribution < 1.29 is 4.94 Å². The first-order valence-corrected chi connectivity index (χ1v) is 2.66. The van der Waals surface area contributed by atoms with E-state index in [2.05, 4.69) is 11.7 Å². The van der Waals surface area contributed by atoms with Gasteiger partial charge in [0.2, 0.25) is 0 Å². The second-order valence-corrected chi connectivity index (χ2v) is 1.73. The summed E-state index contributed by atoms with van der Waals surface area (Å²) in [6, 6.07) is 0. The van der Waals surface area contributed by atoms with Crippen LogP contribution in [0.1, 0.15) is 0 Å². The summed E-state index contributed by atoms with van der Waals surface area (Å²) in [7, 11) is 0. The lowest BCUT2D eigenvalue weighted by molar-refractivity contribution is -0.114. The SMILES string of the molecule is [C]1=C2C=CC=CN2ON1. The van der Waals surface area contributed by atoms with E-state index in [1.165, 1.54) is 0 Å². The van der Waals surface area contributed by atoms with E-state index >= 15 is 0 Å². The van der Waals surface area contributed by atoms with Gasteiger partial charge in [-0.2, -0.15) is 4.94 Å². The molecule has 0 unspecified atom stereocenters. The summed E-state index contributed by atoms with van der Waals surface area (Å²) in [6.45, 7) is 0. The van der Waals surface area contributed by atoms with E-state index in [0.717, 1.165) is 5.70 Å². The molecule has 2 rings (SSSR count). The molecule has 3 nitrogen and oxygen atoms in total. The number of fused-ring (bicyclic) bond motifs is 1. The quantitative estimate of drug-likeness (QED) is 0.504. The molecule has 0 atom stereocenters. The molecule has 2 heterocycles. The van der Waals surface area contributed by atoms with Crippen molar-refractivity contribution in [1.82, 2.24) is 10.5 Å². The second kappa shape index (κ2) is 1.63. The van der Waals surface area contributed by atoms with Crippen LogP contribution in [0.4, 0.5) is 0 Å². The molecule has 0 aromatic carbocycles. The van der Waals surface area contributed by atoms with E-state index in [-0.39, 0.29) is 0 Å². The molecule has 0 saturated carbocycles. The average Bonchev–Trinajstić information content (AvgIpc) is 2.33. The lowest BCUT2D eigenvalue weighted by Gasteiger charge is -2.12. The summed E-state index contributed by atoms with van der Waals surface area (Å²) in [5, 5.41) is 1.60. The number of allylic oxidation sites excluding steroid dienone is 3. The maximum atomic E-state index is 4.85. The molecule has 1 radical (unpaired) electrons. The predicted octanol–water partition coefficient (Wildman–Crippen LogP) is 0.466. The monoisotopic (exact) mass is 121 g/mol. The Kier molecular flexibility index (Phi) is 0.841. The Morgan fingerprint density at radius 1 is 1.56 bits per heavy atom. The fourth-order valence-corrected chi connectivity index (χ4v) is 0.729. The molecule has 0 spiro atoms. The first-order chi connectivity index (χ1) is 4.47. The first-order valence-electron chi connectivity index (χ1n) is 2.66. The Hall–Kier alpha value is -1.22. The van der Waals surface area contributed by atoms with Crippen LogP contribution in [0.25, 0.3) is 0 Å². The number of hydroxylamine groups is 3. The maximum absolute atomic E-state index is 4.85. The normalized spacial score (nSPS) is 21.3. The van der Waals surface area contributed by atoms with Crippen LogP contribution in [0.5, 0.6) is 0 Å². The Labute approximate surface area is 52.8 Å². The molecule has 0 bridgehead atoms. The van der Waals surface area contributed by atoms with Gasteiger partial charge in [0.1, 0.15) is 6.20 Å². The molecular formula is C6H5N2O. The number of rotatable bonds is 0. The fraction of sp³-hybridized carbons (Fsp3) is 0. The highest BCUT2D eigenvalue weighted by Crippen LogP contribution is 2.13. The van der Waals surface area contributed by atoms with Gasteiger partial charge in [0, 0.05) is 6.20 Å². The fourth-order valence-electron chi connectivity index (χ4n) is 0.729. The molecule has 0 aromatic rings. The molecule has 0 saturated heterocycles. The minimum Gasteiger partial charge on any atom is -0.237 e. The second-order valence-electron chi connectivity index (χ2n) is 1.73. The van der Waals surface area contributed by atoms with Crippen molar-refractivity contribution in [2.75, 3.05) is 0 Å². The Balaban J connectivity index is 2.33. The van der Waals surface area contributed by atoms with Gasteiger partial charge in [-0.1, -0.05) is 6.08 Å². The van der Waals surface area contributed by atoms with E-state index in [4.69, 9.17) is 4.94 Å². The van der Waals surface area contributed by atoms with Gasteiger partial charge >= 0.3 is 0 Å². The van der Waals surface area contributed by atoms with Gasteiger partial charge in [0.15, 0.2) is 0 Å². The largest absolute Gasteiger partial charge is 0.237 e. The van der Waals surface area contributed by atoms with E-state index in [1.54, 1.807) is 5.06 Å². The van der Waals surface area contributed by atoms with E-state index in [9.17, 15) is 0 Å². The Bertz CT molecular complexity index is 202. The number of hydrogen-bond donors (Lipinski definition) is 1. The van der Waals surface area contributed by atoms with Crippen LogP contribution in [0.15, 0.2) is 30.1 Å². The van der Waals surface area contributed by atoms with Crippen LogP contribution in [0, 0.1) is 6.20 Å². The van der Waals surface area contributed by atoms with Crippen LogP contribution in [-0.4, -0.2) is 5.06 Å². The van der Waals surface area contributed by atoms with Crippen molar-refractivity contribution in [1.29, 1.82) is 0 Å². The van der Waals surface area contributed by atoms with Crippen LogP contribution >= 0.6 is 0 Å². The lowest BCUT2D eigenvalue weighted by Crippen LogP contribution is -2.14. The van der Waals surface area contributed by atoms with Crippen molar-refractivity contribution in [3.05, 3.63) is 36.3 Å². The maximum Gasteiger partial charge on any atom is 0.117 e. The lowest BCUT2D eigenvalue weighted by atomic mass is 10.3. The predicted molar refractivity (Wildman–Crippen MR) is 31.1 cm³/mol. The third-order valence-corrected chi connectivity index (χ3v) is 1.15. The zero-order valence-corrected chi connectivity index (χ0v) is 4.66. The van der Waals surface area contributed by atoms with Crippen molar-refractivity contribution in [2.45, 2.75) is 0 Å². The van der Waals surface area contributed by atoms with Crippen LogP contribution < -0.4 is 5.48 Å². The van der Waals surface area contributed by atoms with Crippen LogP contribution in [-0.2, 0) is 4.94 Å². The van der Waals surface area contributed by atoms with Crippen molar-refractivity contribution >= 4 is 0 Å². The highest BCUT2D eigenvalue weighted by atomic mass is 16.8. The van der Waals surface area contributed by atoms with Crippen molar-refractivity contribution in [3.8, 4) is 0 Å². The first kappa shape index (κ1) is 4.64. The molecule has 3 heteroatoms. The summed E-state index contributed by atoms with van der Waals surface area (Å²) in [6.07, 6.45) is 10.3. The molecule has 0 aromatic heterocycles. The van der Waals surface area contributed by atoms with Gasteiger partial charge in [-0.25, -0.2) is 10.5 Å². The van der Waals surface area contributed by atoms with Gasteiger partial charge in [-0.05, 0) is 12.2 Å². The van der Waals surface area contributed by atoms with Gasteiger partial charge < -0.3 is 0 Å². The summed E-state index contributed by atoms with van der Waals surface area (Å²) in [4.78, 5) is 4.85. The minimum absolute atomic E-state index is 0.900. The molecule has 2 aliphatic heterocycles. The summed E-state index contributed by atoms with van der Waals surface area (Å²) in [5.41, 5.74) is 3.40. The van der Waals surface area contributed by atoms with Gasteiger partial charge in [-0.3, -0.25) is 0 Å². The number of nitrogens with zero attached hydrogens (tertiary/aromatic N) is 1. The van der Waals surface area contributed by atoms with Crippen LogP contribution in [0.2, 0.25) is 0 Å². The number of hydrogen-bond acceptors (Lipinski definition) is 3. The minimum atomic E-state index is 0.900. The topological polar surface area (TPSA) is 24.5 Å². The highest BCUT2D eigenvalue weighted by Gasteiger charge is 2.12. The molecule has 0 fully saturated rings. The molecule has 0 amide bonds. The molecule has 1 N–H and O–H groups in total. The molecule has 9 heavy (non-hydrogen) atoms. The highest BCUT2D eigenvalue weighted by molar-refractivity contribution is 5.24. The summed E-state index contributed by atoms with van der Waals surface area (Å²) >= 11 is 0. The molecular weight excluding hydrogens is 116 g/mol. The van der Waals surface area contributed by atoms with E-state index < -0.39 is 0 Å². The van der Waals surface area contributed by atoms with E-state index in [0.29, 0.717) is 0 Å². The standard InChI is InChI=1S/C6H5N2O/c1-2-4-8-6(3-1)5-7-9-8/h1-4,7H. The average molecular weight is 121 g/mol. The molecule has 0 aliphatic carbocycles. The van der Waals surface area contributed by atoms with Gasteiger partial charge in [0.25, 0.3) is 0 Å². The Morgan fingerprint density at radius 2 is 2.56 bits per heavy atom. The Morgan fingerprint density at radius 3 is 3.44 bits per heavy atom. The van der Waals surface area contributed by atoms with Crippen molar-refractivity contribution in [2.24, 2.45) is 0 Å². The summed E-state index contributed by atoms with van der Waals surface area (Å²) in [5.74, 6) is 0. The zero-order valence-electron chi connectivity index (χ0n) is 4.66. The van der Waals surface area contributed by atoms with Gasteiger partial charge in [-0.15, -0.1) is 0 Å². The molecule has 2 aliphatic rings. The third kappa shape index (κ3) is 0.622. The van der Waals surface area contributed by atoms with Gasteiger partial charge in [0.05, 0.1) is 5.70 Å². The molecule has 45 valence electrons. The van der Waals surface area contributed by atoms with E-state index in [1.807, 2.05) is 24.4 Å². The summed E-state index contributed by atoms with van der Waals surface area (Å²) < 4.78 is 0. The number of nitrogens with one attached hydrogen (secondary N) is 1. The van der Waals surface area contributed by atoms with Crippen molar-refractivity contribution in [3.63, 3.8) is 0 Å². The third-order valence-electron chi connectivity index (χ3n) is 1.15. The van der Waals surface area contributed by atoms with Crippen LogP contribution in [0.3, 0.4) is 0 Å². The smallest absolute Gasteiger partial charge is 0.117 e. The zero-order chi connectivity index (χ0) is 6.10.